The van der Waals surface area contributed by atoms with Gasteiger partial charge in [-0.2, -0.15) is 26.3 Å². The van der Waals surface area contributed by atoms with Crippen LogP contribution in [-0.4, -0.2) is 29.9 Å². The van der Waals surface area contributed by atoms with Crippen LogP contribution in [0.1, 0.15) is 12.8 Å². The highest BCUT2D eigenvalue weighted by Crippen LogP contribution is 2.23. The summed E-state index contributed by atoms with van der Waals surface area (Å²) in [5.74, 6) is 0. The van der Waals surface area contributed by atoms with Gasteiger partial charge in [-0.05, 0) is 12.1 Å². The number of hydrogen-bond acceptors (Lipinski definition) is 0. The zero-order valence-electron chi connectivity index (χ0n) is 12.4. The van der Waals surface area contributed by atoms with Crippen LogP contribution in [0.3, 0.4) is 0 Å². The summed E-state index contributed by atoms with van der Waals surface area (Å²) in [5, 5.41) is 1.78. The van der Waals surface area contributed by atoms with Crippen molar-refractivity contribution in [2.75, 3.05) is 0 Å². The molecular weight excluding hydrogens is 338 g/mol. The van der Waals surface area contributed by atoms with E-state index in [1.807, 2.05) is 13.1 Å². The van der Waals surface area contributed by atoms with E-state index in [1.165, 1.54) is 0 Å². The van der Waals surface area contributed by atoms with Gasteiger partial charge >= 0.3 is 12.4 Å². The van der Waals surface area contributed by atoms with Gasteiger partial charge in [-0.25, -0.2) is 0 Å². The number of halogens is 6. The molecule has 0 atom stereocenters. The Balaban J connectivity index is 2.58. The first-order valence-corrected chi connectivity index (χ1v) is 11.3. The van der Waals surface area contributed by atoms with E-state index in [4.69, 9.17) is 0 Å². The summed E-state index contributed by atoms with van der Waals surface area (Å²) >= 11 is 0. The number of alkyl halides is 6. The Morgan fingerprint density at radius 2 is 0.955 bits per heavy atom. The second-order valence-corrected chi connectivity index (χ2v) is 10.6. The molecule has 0 aliphatic rings. The topological polar surface area (TPSA) is 0 Å². The van der Waals surface area contributed by atoms with Crippen molar-refractivity contribution >= 4 is 28.0 Å². The van der Waals surface area contributed by atoms with Crippen LogP contribution in [0.4, 0.5) is 26.3 Å². The van der Waals surface area contributed by atoms with Gasteiger partial charge in [0, 0.05) is 12.8 Å². The summed E-state index contributed by atoms with van der Waals surface area (Å²) in [6.07, 6.45) is -9.84. The zero-order chi connectivity index (χ0) is 17.0. The minimum atomic E-state index is -4.14. The van der Waals surface area contributed by atoms with Gasteiger partial charge in [0.15, 0.2) is 0 Å². The van der Waals surface area contributed by atoms with E-state index in [2.05, 4.69) is 0 Å². The lowest BCUT2D eigenvalue weighted by Crippen LogP contribution is -2.32. The van der Waals surface area contributed by atoms with Crippen molar-refractivity contribution in [3.05, 3.63) is 24.3 Å². The van der Waals surface area contributed by atoms with E-state index in [9.17, 15) is 26.3 Å². The van der Waals surface area contributed by atoms with E-state index < -0.39 is 42.8 Å². The van der Waals surface area contributed by atoms with Crippen LogP contribution in [0.25, 0.3) is 0 Å². The SMILES string of the molecule is C[Si](CCC(F)(F)F)c1ccc([Si](C)CCC(F)(F)F)cc1. The Kier molecular flexibility index (Phi) is 6.72. The summed E-state index contributed by atoms with van der Waals surface area (Å²) in [4.78, 5) is 0. The highest BCUT2D eigenvalue weighted by atomic mass is 28.3. The van der Waals surface area contributed by atoms with Crippen LogP contribution < -0.4 is 10.4 Å². The van der Waals surface area contributed by atoms with Gasteiger partial charge in [0.25, 0.3) is 0 Å². The molecule has 0 unspecified atom stereocenters. The number of rotatable bonds is 6. The molecule has 1 aromatic rings. The standard InChI is InChI=1S/C14H18F6Si2/c1-21(9-7-13(15,16)17)11-3-5-12(6-4-11)22(2)10-8-14(18,19)20/h3-6H,7-10H2,1-2H3. The zero-order valence-corrected chi connectivity index (χ0v) is 14.4. The van der Waals surface area contributed by atoms with Gasteiger partial charge in [0.2, 0.25) is 0 Å². The molecule has 8 heteroatoms. The van der Waals surface area contributed by atoms with E-state index in [0.29, 0.717) is 0 Å². The minimum absolute atomic E-state index is 0.117. The van der Waals surface area contributed by atoms with Crippen molar-refractivity contribution < 1.29 is 26.3 Å². The van der Waals surface area contributed by atoms with E-state index >= 15 is 0 Å². The third-order valence-corrected chi connectivity index (χ3v) is 8.08. The predicted molar refractivity (Wildman–Crippen MR) is 79.9 cm³/mol. The smallest absolute Gasteiger partial charge is 0.171 e. The molecule has 0 saturated carbocycles. The van der Waals surface area contributed by atoms with Crippen molar-refractivity contribution in [3.63, 3.8) is 0 Å². The molecule has 0 aliphatic heterocycles. The summed E-state index contributed by atoms with van der Waals surface area (Å²) in [5.41, 5.74) is 0. The normalized spacial score (nSPS) is 13.2. The third kappa shape index (κ3) is 7.48. The van der Waals surface area contributed by atoms with Crippen LogP contribution >= 0.6 is 0 Å². The fourth-order valence-electron chi connectivity index (χ4n) is 1.99. The van der Waals surface area contributed by atoms with Gasteiger partial charge in [-0.1, -0.05) is 47.7 Å². The number of benzene rings is 1. The first-order chi connectivity index (χ1) is 9.98. The van der Waals surface area contributed by atoms with Gasteiger partial charge in [0.05, 0.1) is 17.6 Å². The molecule has 0 aromatic heterocycles. The Labute approximate surface area is 129 Å². The molecule has 22 heavy (non-hydrogen) atoms. The first kappa shape index (κ1) is 19.3. The minimum Gasteiger partial charge on any atom is -0.171 e. The highest BCUT2D eigenvalue weighted by Gasteiger charge is 2.29. The molecule has 0 heterocycles. The van der Waals surface area contributed by atoms with Gasteiger partial charge in [-0.3, -0.25) is 0 Å². The molecule has 124 valence electrons. The van der Waals surface area contributed by atoms with Crippen molar-refractivity contribution in [2.24, 2.45) is 0 Å². The molecule has 0 spiro atoms. The van der Waals surface area contributed by atoms with Gasteiger partial charge < -0.3 is 0 Å². The molecule has 1 rings (SSSR count). The maximum Gasteiger partial charge on any atom is 0.388 e. The molecular formula is C14H18F6Si2. The van der Waals surface area contributed by atoms with Crippen LogP contribution in [0.5, 0.6) is 0 Å². The average molecular weight is 356 g/mol. The van der Waals surface area contributed by atoms with Crippen LogP contribution in [-0.2, 0) is 0 Å². The Hall–Kier alpha value is -0.766. The largest absolute Gasteiger partial charge is 0.388 e. The highest BCUT2D eigenvalue weighted by molar-refractivity contribution is 6.73. The molecule has 0 amide bonds. The molecule has 1 aromatic carbocycles. The first-order valence-electron chi connectivity index (χ1n) is 6.87. The van der Waals surface area contributed by atoms with E-state index in [-0.39, 0.29) is 12.1 Å². The molecule has 0 aliphatic carbocycles. The van der Waals surface area contributed by atoms with Crippen molar-refractivity contribution in [2.45, 2.75) is 50.4 Å². The maximum atomic E-state index is 12.2. The Morgan fingerprint density at radius 1 is 0.682 bits per heavy atom. The second-order valence-electron chi connectivity index (χ2n) is 5.37. The van der Waals surface area contributed by atoms with Gasteiger partial charge in [0.1, 0.15) is 0 Å². The van der Waals surface area contributed by atoms with Crippen LogP contribution in [0, 0.1) is 0 Å². The lowest BCUT2D eigenvalue weighted by molar-refractivity contribution is -0.131. The third-order valence-electron chi connectivity index (χ3n) is 3.44. The molecule has 0 nitrogen and oxygen atoms in total. The quantitative estimate of drug-likeness (QED) is 0.528. The molecule has 0 saturated heterocycles. The summed E-state index contributed by atoms with van der Waals surface area (Å²) in [6.45, 7) is 3.65. The van der Waals surface area contributed by atoms with E-state index in [0.717, 1.165) is 10.4 Å². The second kappa shape index (κ2) is 7.67. The van der Waals surface area contributed by atoms with Crippen LogP contribution in [0.2, 0.25) is 25.2 Å². The summed E-state index contributed by atoms with van der Waals surface area (Å²) < 4.78 is 73.3. The molecule has 0 N–H and O–H groups in total. The lowest BCUT2D eigenvalue weighted by Gasteiger charge is -2.15. The summed E-state index contributed by atoms with van der Waals surface area (Å²) in [7, 11) is -2.53. The number of hydrogen-bond donors (Lipinski definition) is 0. The average Bonchev–Trinajstić information content (AvgIpc) is 2.40. The van der Waals surface area contributed by atoms with Gasteiger partial charge in [-0.15, -0.1) is 0 Å². The van der Waals surface area contributed by atoms with Crippen molar-refractivity contribution in [3.8, 4) is 0 Å². The Morgan fingerprint density at radius 3 is 1.18 bits per heavy atom. The van der Waals surface area contributed by atoms with Crippen LogP contribution in [0.15, 0.2) is 24.3 Å². The molecule has 0 fully saturated rings. The fraction of sp³-hybridized carbons (Fsp3) is 0.571. The Bertz CT molecular complexity index is 409. The van der Waals surface area contributed by atoms with Crippen molar-refractivity contribution in [1.29, 1.82) is 0 Å². The molecule has 2 radical (unpaired) electrons. The summed E-state index contributed by atoms with van der Waals surface area (Å²) in [6, 6.07) is 7.35. The maximum absolute atomic E-state index is 12.2. The predicted octanol–water partition coefficient (Wildman–Crippen LogP) is 4.25. The monoisotopic (exact) mass is 356 g/mol. The fourth-order valence-corrected chi connectivity index (χ4v) is 5.35. The molecule has 0 bridgehead atoms. The lowest BCUT2D eigenvalue weighted by atomic mass is 10.4. The van der Waals surface area contributed by atoms with Crippen molar-refractivity contribution in [1.82, 2.24) is 0 Å². The van der Waals surface area contributed by atoms with E-state index in [1.54, 1.807) is 24.3 Å².